The fourth-order valence-corrected chi connectivity index (χ4v) is 2.40. The van der Waals surface area contributed by atoms with Crippen molar-refractivity contribution in [2.45, 2.75) is 19.4 Å². The summed E-state index contributed by atoms with van der Waals surface area (Å²) in [6.45, 7) is 2.92. The summed E-state index contributed by atoms with van der Waals surface area (Å²) in [5.41, 5.74) is 1.25. The van der Waals surface area contributed by atoms with Crippen LogP contribution in [0.4, 0.5) is 0 Å². The molecule has 1 fully saturated rings. The van der Waals surface area contributed by atoms with E-state index in [1.807, 2.05) is 25.1 Å². The van der Waals surface area contributed by atoms with Gasteiger partial charge in [0.25, 0.3) is 0 Å². The third kappa shape index (κ3) is 1.95. The van der Waals surface area contributed by atoms with Gasteiger partial charge in [0, 0.05) is 24.9 Å². The zero-order valence-corrected chi connectivity index (χ0v) is 9.31. The minimum absolute atomic E-state index is 0.117. The third-order valence-electron chi connectivity index (χ3n) is 3.31. The van der Waals surface area contributed by atoms with Crippen LogP contribution in [0, 0.1) is 5.92 Å². The van der Waals surface area contributed by atoms with Crippen LogP contribution in [0.25, 0.3) is 0 Å². The van der Waals surface area contributed by atoms with Crippen LogP contribution in [0.15, 0.2) is 30.3 Å². The maximum absolute atomic E-state index is 11.7. The van der Waals surface area contributed by atoms with E-state index in [2.05, 4.69) is 24.1 Å². The van der Waals surface area contributed by atoms with E-state index in [1.54, 1.807) is 0 Å². The zero-order valence-electron chi connectivity index (χ0n) is 9.31. The number of Topliss-reactive ketones (excluding diaryl/α,β-unsaturated/α-hetero) is 1. The summed E-state index contributed by atoms with van der Waals surface area (Å²) < 4.78 is 0. The Labute approximate surface area is 90.9 Å². The Morgan fingerprint density at radius 3 is 2.60 bits per heavy atom. The Balaban J connectivity index is 2.29. The standard InChI is InChI=1S/C13H17NO/c1-10-12(15)8-9-14(2)13(10)11-6-4-3-5-7-11/h3-7,10,13H,8-9H2,1-2H3/t10-,13-/m1/s1. The van der Waals surface area contributed by atoms with Gasteiger partial charge in [-0.25, -0.2) is 0 Å². The van der Waals surface area contributed by atoms with E-state index < -0.39 is 0 Å². The van der Waals surface area contributed by atoms with Crippen LogP contribution in [0.5, 0.6) is 0 Å². The molecular weight excluding hydrogens is 186 g/mol. The highest BCUT2D eigenvalue weighted by atomic mass is 16.1. The molecule has 0 radical (unpaired) electrons. The van der Waals surface area contributed by atoms with Crippen LogP contribution in [0.1, 0.15) is 24.9 Å². The molecule has 2 nitrogen and oxygen atoms in total. The van der Waals surface area contributed by atoms with Crippen molar-refractivity contribution < 1.29 is 4.79 Å². The topological polar surface area (TPSA) is 20.3 Å². The number of hydrogen-bond donors (Lipinski definition) is 0. The predicted octanol–water partition coefficient (Wildman–Crippen LogP) is 2.27. The van der Waals surface area contributed by atoms with Crippen LogP contribution < -0.4 is 0 Å². The molecule has 0 spiro atoms. The molecule has 1 aliphatic heterocycles. The monoisotopic (exact) mass is 203 g/mol. The zero-order chi connectivity index (χ0) is 10.8. The number of carbonyl (C=O) groups is 1. The average molecular weight is 203 g/mol. The first kappa shape index (κ1) is 10.4. The second-order valence-corrected chi connectivity index (χ2v) is 4.34. The fraction of sp³-hybridized carbons (Fsp3) is 0.462. The van der Waals surface area contributed by atoms with Crippen molar-refractivity contribution in [3.63, 3.8) is 0 Å². The minimum Gasteiger partial charge on any atom is -0.299 e. The van der Waals surface area contributed by atoms with Crippen molar-refractivity contribution in [2.75, 3.05) is 13.6 Å². The summed E-state index contributed by atoms with van der Waals surface area (Å²) in [5.74, 6) is 0.508. The normalized spacial score (nSPS) is 28.0. The van der Waals surface area contributed by atoms with Crippen molar-refractivity contribution in [2.24, 2.45) is 5.92 Å². The number of likely N-dealkylation sites (tertiary alicyclic amines) is 1. The summed E-state index contributed by atoms with van der Waals surface area (Å²) in [4.78, 5) is 14.0. The van der Waals surface area contributed by atoms with Gasteiger partial charge in [-0.1, -0.05) is 37.3 Å². The van der Waals surface area contributed by atoms with E-state index in [1.165, 1.54) is 5.56 Å². The lowest BCUT2D eigenvalue weighted by molar-refractivity contribution is -0.127. The number of ketones is 1. The molecule has 1 aromatic carbocycles. The summed E-state index contributed by atoms with van der Waals surface area (Å²) in [6, 6.07) is 10.6. The molecule has 0 N–H and O–H groups in total. The van der Waals surface area contributed by atoms with E-state index in [9.17, 15) is 4.79 Å². The van der Waals surface area contributed by atoms with Gasteiger partial charge in [0.1, 0.15) is 5.78 Å². The second kappa shape index (κ2) is 4.15. The van der Waals surface area contributed by atoms with Gasteiger partial charge in [-0.3, -0.25) is 9.69 Å². The Bertz CT molecular complexity index is 347. The van der Waals surface area contributed by atoms with Crippen LogP contribution in [-0.4, -0.2) is 24.3 Å². The van der Waals surface area contributed by atoms with Gasteiger partial charge in [0.15, 0.2) is 0 Å². The van der Waals surface area contributed by atoms with Gasteiger partial charge in [-0.05, 0) is 12.6 Å². The van der Waals surface area contributed by atoms with Crippen LogP contribution in [0.3, 0.4) is 0 Å². The first-order chi connectivity index (χ1) is 7.20. The molecular formula is C13H17NO. The molecule has 2 rings (SSSR count). The highest BCUT2D eigenvalue weighted by Crippen LogP contribution is 2.32. The van der Waals surface area contributed by atoms with E-state index in [0.717, 1.165) is 6.54 Å². The molecule has 0 aliphatic carbocycles. The molecule has 0 amide bonds. The maximum Gasteiger partial charge on any atom is 0.138 e. The fourth-order valence-electron chi connectivity index (χ4n) is 2.40. The molecule has 1 aliphatic rings. The van der Waals surface area contributed by atoms with Crippen molar-refractivity contribution >= 4 is 5.78 Å². The number of piperidine rings is 1. The van der Waals surface area contributed by atoms with Gasteiger partial charge in [0.2, 0.25) is 0 Å². The van der Waals surface area contributed by atoms with Crippen molar-refractivity contribution in [3.8, 4) is 0 Å². The van der Waals surface area contributed by atoms with E-state index in [4.69, 9.17) is 0 Å². The SMILES string of the molecule is C[C@@H]1C(=O)CCN(C)[C@H]1c1ccccc1. The summed E-state index contributed by atoms with van der Waals surface area (Å²) in [7, 11) is 2.10. The van der Waals surface area contributed by atoms with Crippen LogP contribution >= 0.6 is 0 Å². The first-order valence-corrected chi connectivity index (χ1v) is 5.48. The molecule has 0 saturated carbocycles. The number of nitrogens with zero attached hydrogens (tertiary/aromatic N) is 1. The van der Waals surface area contributed by atoms with Crippen molar-refractivity contribution in [1.82, 2.24) is 4.90 Å². The van der Waals surface area contributed by atoms with Crippen LogP contribution in [-0.2, 0) is 4.79 Å². The highest BCUT2D eigenvalue weighted by molar-refractivity contribution is 5.82. The lowest BCUT2D eigenvalue weighted by Crippen LogP contribution is -2.40. The van der Waals surface area contributed by atoms with Crippen LogP contribution in [0.2, 0.25) is 0 Å². The van der Waals surface area contributed by atoms with E-state index in [0.29, 0.717) is 12.2 Å². The first-order valence-electron chi connectivity index (χ1n) is 5.48. The molecule has 15 heavy (non-hydrogen) atoms. The third-order valence-corrected chi connectivity index (χ3v) is 3.31. The lowest BCUT2D eigenvalue weighted by atomic mass is 9.85. The van der Waals surface area contributed by atoms with Gasteiger partial charge >= 0.3 is 0 Å². The van der Waals surface area contributed by atoms with Crippen molar-refractivity contribution in [3.05, 3.63) is 35.9 Å². The van der Waals surface area contributed by atoms with Gasteiger partial charge in [-0.15, -0.1) is 0 Å². The molecule has 1 aromatic rings. The summed E-state index contributed by atoms with van der Waals surface area (Å²) in [6.07, 6.45) is 0.695. The van der Waals surface area contributed by atoms with Gasteiger partial charge in [-0.2, -0.15) is 0 Å². The average Bonchev–Trinajstić information content (AvgIpc) is 2.26. The number of benzene rings is 1. The molecule has 1 saturated heterocycles. The predicted molar refractivity (Wildman–Crippen MR) is 60.6 cm³/mol. The molecule has 2 atom stereocenters. The number of rotatable bonds is 1. The van der Waals surface area contributed by atoms with E-state index in [-0.39, 0.29) is 12.0 Å². The Hall–Kier alpha value is -1.15. The molecule has 1 heterocycles. The lowest BCUT2D eigenvalue weighted by Gasteiger charge is -2.36. The highest BCUT2D eigenvalue weighted by Gasteiger charge is 2.32. The number of hydrogen-bond acceptors (Lipinski definition) is 2. The molecule has 80 valence electrons. The van der Waals surface area contributed by atoms with Gasteiger partial charge in [0.05, 0.1) is 0 Å². The Kier molecular flexibility index (Phi) is 2.87. The van der Waals surface area contributed by atoms with Gasteiger partial charge < -0.3 is 0 Å². The molecule has 0 unspecified atom stereocenters. The molecule has 0 bridgehead atoms. The van der Waals surface area contributed by atoms with E-state index >= 15 is 0 Å². The maximum atomic E-state index is 11.7. The summed E-state index contributed by atoms with van der Waals surface area (Å²) in [5, 5.41) is 0. The van der Waals surface area contributed by atoms with Crippen molar-refractivity contribution in [1.29, 1.82) is 0 Å². The Morgan fingerprint density at radius 2 is 1.93 bits per heavy atom. The second-order valence-electron chi connectivity index (χ2n) is 4.34. The molecule has 2 heteroatoms. The minimum atomic E-state index is 0.117. The quantitative estimate of drug-likeness (QED) is 0.698. The number of carbonyl (C=O) groups excluding carboxylic acids is 1. The Morgan fingerprint density at radius 1 is 1.27 bits per heavy atom. The molecule has 0 aromatic heterocycles. The largest absolute Gasteiger partial charge is 0.299 e. The summed E-state index contributed by atoms with van der Waals surface area (Å²) >= 11 is 0. The smallest absolute Gasteiger partial charge is 0.138 e.